The van der Waals surface area contributed by atoms with E-state index in [0.717, 1.165) is 50.9 Å². The van der Waals surface area contributed by atoms with E-state index < -0.39 is 18.0 Å². The number of azo groups is 2. The van der Waals surface area contributed by atoms with Crippen molar-refractivity contribution in [2.24, 2.45) is 26.2 Å². The summed E-state index contributed by atoms with van der Waals surface area (Å²) < 4.78 is 1.54. The second kappa shape index (κ2) is 20.9. The van der Waals surface area contributed by atoms with E-state index in [4.69, 9.17) is 21.2 Å². The smallest absolute Gasteiger partial charge is 0.373 e. The highest BCUT2D eigenvalue weighted by Gasteiger charge is 2.18. The predicted molar refractivity (Wildman–Crippen MR) is 218 cm³/mol. The molecule has 316 valence electrons. The average molecular weight is 838 g/mol. The van der Waals surface area contributed by atoms with Crippen molar-refractivity contribution in [3.8, 4) is 0 Å². The third kappa shape index (κ3) is 12.7. The fourth-order valence-electron chi connectivity index (χ4n) is 5.94. The predicted octanol–water partition coefficient (Wildman–Crippen LogP) is 5.40. The molecule has 2 amide bonds. The van der Waals surface area contributed by atoms with Crippen molar-refractivity contribution in [1.82, 2.24) is 20.2 Å². The molecule has 0 spiro atoms. The molecule has 0 bridgehead atoms. The summed E-state index contributed by atoms with van der Waals surface area (Å²) in [6.45, 7) is 4.72. The number of amides is 2. The van der Waals surface area contributed by atoms with E-state index in [0.29, 0.717) is 46.4 Å². The monoisotopic (exact) mass is 837 g/mol. The molecule has 1 aliphatic heterocycles. The van der Waals surface area contributed by atoms with Gasteiger partial charge in [-0.3, -0.25) is 26.2 Å². The first-order valence-electron chi connectivity index (χ1n) is 18.5. The van der Waals surface area contributed by atoms with Gasteiger partial charge in [-0.15, -0.1) is 9.79 Å². The number of hydrogen-bond acceptors (Lipinski definition) is 18. The maximum atomic E-state index is 12.0. The number of carbonyl (C=O) groups excluding carboxylic acids is 1. The van der Waals surface area contributed by atoms with Crippen molar-refractivity contribution in [3.63, 3.8) is 0 Å². The maximum Gasteiger partial charge on any atom is 0.373 e. The van der Waals surface area contributed by atoms with Crippen LogP contribution in [0.4, 0.5) is 56.5 Å². The van der Waals surface area contributed by atoms with Crippen molar-refractivity contribution >= 4 is 69.7 Å². The van der Waals surface area contributed by atoms with Crippen molar-refractivity contribution in [2.45, 2.75) is 13.2 Å². The largest absolute Gasteiger partial charge is 0.478 e. The Bertz CT molecular complexity index is 2350. The van der Waals surface area contributed by atoms with Crippen LogP contribution in [0.5, 0.6) is 0 Å². The lowest BCUT2D eigenvalue weighted by atomic mass is 10.1. The van der Waals surface area contributed by atoms with E-state index in [9.17, 15) is 24.6 Å². The van der Waals surface area contributed by atoms with Crippen LogP contribution in [0.25, 0.3) is 0 Å². The Hall–Kier alpha value is -7.54. The molecule has 1 saturated heterocycles. The van der Waals surface area contributed by atoms with Gasteiger partial charge in [0.1, 0.15) is 18.9 Å². The number of aromatic carboxylic acids is 2. The van der Waals surface area contributed by atoms with Crippen LogP contribution in [0.15, 0.2) is 106 Å². The van der Waals surface area contributed by atoms with Crippen molar-refractivity contribution < 1.29 is 49.6 Å². The van der Waals surface area contributed by atoms with Gasteiger partial charge in [-0.1, -0.05) is 16.0 Å². The summed E-state index contributed by atoms with van der Waals surface area (Å²) in [6.07, 6.45) is 1.50. The minimum absolute atomic E-state index is 0.0395. The SMILES string of the molecule is NC(=O)Nc1cc(N[n+]2cnc(Nc3ccc(N=Nc4cc(COO)cc(COO)c4)cc3)nc2NCCN2CCNCC2)ccc1N=Nc1cc(C(=O)O)cc(C(=O)O)c1. The summed E-state index contributed by atoms with van der Waals surface area (Å²) in [5, 5.41) is 65.6. The fourth-order valence-corrected chi connectivity index (χ4v) is 5.94. The average Bonchev–Trinajstić information content (AvgIpc) is 3.24. The zero-order chi connectivity index (χ0) is 43.1. The number of benzene rings is 4. The van der Waals surface area contributed by atoms with Crippen LogP contribution >= 0.6 is 0 Å². The lowest BCUT2D eigenvalue weighted by molar-refractivity contribution is -0.634. The minimum atomic E-state index is -1.34. The molecule has 0 aliphatic carbocycles. The normalized spacial score (nSPS) is 13.0. The molecule has 4 aromatic carbocycles. The number of carboxylic acid groups (broad SMARTS) is 2. The third-order valence-electron chi connectivity index (χ3n) is 8.75. The van der Waals surface area contributed by atoms with Crippen LogP contribution in [0, 0.1) is 0 Å². The number of piperazine rings is 1. The van der Waals surface area contributed by atoms with E-state index in [1.807, 2.05) is 0 Å². The highest BCUT2D eigenvalue weighted by molar-refractivity contribution is 5.95. The highest BCUT2D eigenvalue weighted by Crippen LogP contribution is 2.31. The van der Waals surface area contributed by atoms with Crippen LogP contribution in [-0.2, 0) is 23.0 Å². The van der Waals surface area contributed by atoms with Gasteiger partial charge >= 0.3 is 29.9 Å². The molecule has 0 saturated carbocycles. The Balaban J connectivity index is 1.21. The van der Waals surface area contributed by atoms with Crippen LogP contribution in [0.2, 0.25) is 0 Å². The number of nitrogens with one attached hydrogen (secondary N) is 5. The number of nitrogens with zero attached hydrogens (tertiary/aromatic N) is 8. The topological polar surface area (TPSA) is 319 Å². The Morgan fingerprint density at radius 2 is 1.41 bits per heavy atom. The molecule has 23 nitrogen and oxygen atoms in total. The molecule has 6 rings (SSSR count). The van der Waals surface area contributed by atoms with Crippen molar-refractivity contribution in [3.05, 3.63) is 107 Å². The van der Waals surface area contributed by atoms with Gasteiger partial charge in [0.05, 0.1) is 46.1 Å². The molecule has 11 N–H and O–H groups in total. The summed E-state index contributed by atoms with van der Waals surface area (Å²) >= 11 is 0. The van der Waals surface area contributed by atoms with E-state index in [1.165, 1.54) is 18.5 Å². The summed E-state index contributed by atoms with van der Waals surface area (Å²) in [5.74, 6) is -2.03. The van der Waals surface area contributed by atoms with Crippen molar-refractivity contribution in [2.75, 3.05) is 60.6 Å². The lowest BCUT2D eigenvalue weighted by Gasteiger charge is -2.26. The fraction of sp³-hybridized carbons (Fsp3) is 0.211. The molecule has 61 heavy (non-hydrogen) atoms. The van der Waals surface area contributed by atoms with E-state index in [2.05, 4.69) is 66.8 Å². The van der Waals surface area contributed by atoms with Gasteiger partial charge < -0.3 is 31.9 Å². The zero-order valence-electron chi connectivity index (χ0n) is 32.2. The summed E-state index contributed by atoms with van der Waals surface area (Å²) in [6, 6.07) is 19.2. The molecule has 1 aromatic heterocycles. The minimum Gasteiger partial charge on any atom is -0.478 e. The maximum absolute atomic E-state index is 12.0. The van der Waals surface area contributed by atoms with Gasteiger partial charge in [0.15, 0.2) is 0 Å². The molecule has 1 fully saturated rings. The van der Waals surface area contributed by atoms with Crippen LogP contribution in [0.1, 0.15) is 31.8 Å². The standard InChI is InChI=1S/C38H40N14O9/c39-36(57)44-33-19-29(5-6-32(33)49-48-31-17-25(34(53)54)16-26(18-31)35(55)56)50-52-22-42-37(45-38(52)41-9-12-51-10-7-40-8-11-51)43-27-1-3-28(4-2-27)46-47-30-14-23(20-60-58)13-24(15-30)21-61-59/h1-6,13-19,22,40H,7-12,20-21H2,(H9,39,41,43,44,45,47,48,50,53,54,55,56,57,58,59)/p+1. The van der Waals surface area contributed by atoms with Gasteiger partial charge in [-0.05, 0) is 83.9 Å². The number of primary amides is 1. The first-order valence-corrected chi connectivity index (χ1v) is 18.5. The second-order valence-corrected chi connectivity index (χ2v) is 13.2. The Kier molecular flexibility index (Phi) is 14.8. The summed E-state index contributed by atoms with van der Waals surface area (Å²) in [7, 11) is 0. The summed E-state index contributed by atoms with van der Waals surface area (Å²) in [5.41, 5.74) is 11.6. The number of nitrogens with two attached hydrogens (primary N) is 1. The van der Waals surface area contributed by atoms with Gasteiger partial charge in [0.25, 0.3) is 0 Å². The zero-order valence-corrected chi connectivity index (χ0v) is 32.2. The number of urea groups is 1. The van der Waals surface area contributed by atoms with Gasteiger partial charge in [-0.2, -0.15) is 15.3 Å². The number of rotatable bonds is 19. The van der Waals surface area contributed by atoms with Crippen LogP contribution in [0.3, 0.4) is 0 Å². The molecule has 0 radical (unpaired) electrons. The number of carbonyl (C=O) groups is 3. The molecular formula is C38H41N14O9+. The first-order chi connectivity index (χ1) is 29.5. The number of hydrogen-bond donors (Lipinski definition) is 10. The Labute approximate surface area is 346 Å². The lowest BCUT2D eigenvalue weighted by Crippen LogP contribution is -2.48. The molecule has 0 unspecified atom stereocenters. The molecule has 2 heterocycles. The number of anilines is 5. The van der Waals surface area contributed by atoms with Gasteiger partial charge in [-0.25, -0.2) is 24.2 Å². The van der Waals surface area contributed by atoms with Crippen molar-refractivity contribution in [1.29, 1.82) is 0 Å². The molecule has 0 atom stereocenters. The van der Waals surface area contributed by atoms with E-state index in [1.54, 1.807) is 53.2 Å². The van der Waals surface area contributed by atoms with Crippen LogP contribution < -0.4 is 37.1 Å². The third-order valence-corrected chi connectivity index (χ3v) is 8.75. The quantitative estimate of drug-likeness (QED) is 0.0215. The number of carboxylic acids is 2. The molecule has 1 aliphatic rings. The number of aromatic nitrogens is 3. The van der Waals surface area contributed by atoms with Gasteiger partial charge in [0, 0.05) is 38.4 Å². The molecule has 5 aromatic rings. The highest BCUT2D eigenvalue weighted by atomic mass is 17.1. The van der Waals surface area contributed by atoms with Gasteiger partial charge in [0.2, 0.25) is 6.33 Å². The van der Waals surface area contributed by atoms with E-state index in [-0.39, 0.29) is 47.4 Å². The summed E-state index contributed by atoms with van der Waals surface area (Å²) in [4.78, 5) is 55.0. The Morgan fingerprint density at radius 3 is 2.05 bits per heavy atom. The van der Waals surface area contributed by atoms with Crippen LogP contribution in [-0.4, -0.2) is 92.8 Å². The second-order valence-electron chi connectivity index (χ2n) is 13.2. The molecule has 23 heteroatoms. The Morgan fingerprint density at radius 1 is 0.787 bits per heavy atom. The molecular weight excluding hydrogens is 797 g/mol. The van der Waals surface area contributed by atoms with E-state index >= 15 is 0 Å². The first kappa shape index (κ1) is 43.0.